The summed E-state index contributed by atoms with van der Waals surface area (Å²) in [4.78, 5) is 3.85. The molecular formula is C12H12BrF2N3O. The van der Waals surface area contributed by atoms with Gasteiger partial charge in [0.15, 0.2) is 5.82 Å². The maximum atomic E-state index is 12.6. The van der Waals surface area contributed by atoms with E-state index in [0.717, 1.165) is 14.6 Å². The van der Waals surface area contributed by atoms with Crippen molar-refractivity contribution in [2.45, 2.75) is 19.7 Å². The molecule has 0 bridgehead atoms. The summed E-state index contributed by atoms with van der Waals surface area (Å²) in [5, 5.41) is 0. The molecule has 4 nitrogen and oxygen atoms in total. The molecule has 0 aliphatic heterocycles. The number of rotatable bonds is 5. The molecule has 2 aromatic rings. The summed E-state index contributed by atoms with van der Waals surface area (Å²) in [5.41, 5.74) is 6.40. The fourth-order valence-corrected chi connectivity index (χ4v) is 2.17. The van der Waals surface area contributed by atoms with E-state index >= 15 is 0 Å². The van der Waals surface area contributed by atoms with Crippen molar-refractivity contribution in [1.29, 1.82) is 0 Å². The van der Waals surface area contributed by atoms with Gasteiger partial charge >= 0.3 is 6.55 Å². The largest absolute Gasteiger partial charge is 0.484 e. The highest BCUT2D eigenvalue weighted by atomic mass is 79.9. The highest BCUT2D eigenvalue weighted by Gasteiger charge is 2.13. The first-order valence-electron chi connectivity index (χ1n) is 5.53. The SMILES string of the molecule is NCc1cccc(Br)c1OCc1nccn1C(F)F. The lowest BCUT2D eigenvalue weighted by atomic mass is 10.2. The molecule has 0 atom stereocenters. The Labute approximate surface area is 117 Å². The van der Waals surface area contributed by atoms with Crippen molar-refractivity contribution in [2.75, 3.05) is 0 Å². The molecule has 0 fully saturated rings. The van der Waals surface area contributed by atoms with E-state index in [9.17, 15) is 8.78 Å². The van der Waals surface area contributed by atoms with E-state index in [1.54, 1.807) is 6.07 Å². The lowest BCUT2D eigenvalue weighted by molar-refractivity contribution is 0.0632. The fourth-order valence-electron chi connectivity index (χ4n) is 1.65. The molecule has 1 heterocycles. The fraction of sp³-hybridized carbons (Fsp3) is 0.250. The Morgan fingerprint density at radius 2 is 2.21 bits per heavy atom. The number of nitrogens with zero attached hydrogens (tertiary/aromatic N) is 2. The summed E-state index contributed by atoms with van der Waals surface area (Å²) in [6.07, 6.45) is 2.53. The normalized spacial score (nSPS) is 11.0. The van der Waals surface area contributed by atoms with Crippen LogP contribution in [0.2, 0.25) is 0 Å². The van der Waals surface area contributed by atoms with Crippen LogP contribution in [0.4, 0.5) is 8.78 Å². The number of hydrogen-bond acceptors (Lipinski definition) is 3. The quantitative estimate of drug-likeness (QED) is 0.915. The maximum Gasteiger partial charge on any atom is 0.320 e. The second-order valence-corrected chi connectivity index (χ2v) is 4.60. The van der Waals surface area contributed by atoms with Gasteiger partial charge in [-0.25, -0.2) is 4.98 Å². The van der Waals surface area contributed by atoms with Crippen LogP contribution in [-0.2, 0) is 13.2 Å². The number of benzene rings is 1. The van der Waals surface area contributed by atoms with Crippen LogP contribution in [-0.4, -0.2) is 9.55 Å². The third-order valence-corrected chi connectivity index (χ3v) is 3.20. The van der Waals surface area contributed by atoms with Crippen molar-refractivity contribution in [1.82, 2.24) is 9.55 Å². The summed E-state index contributed by atoms with van der Waals surface area (Å²) in [7, 11) is 0. The zero-order valence-corrected chi connectivity index (χ0v) is 11.5. The first kappa shape index (κ1) is 14.0. The number of halogens is 3. The first-order chi connectivity index (χ1) is 9.13. The van der Waals surface area contributed by atoms with E-state index < -0.39 is 6.55 Å². The molecule has 0 radical (unpaired) electrons. The van der Waals surface area contributed by atoms with Crippen molar-refractivity contribution in [3.8, 4) is 5.75 Å². The number of nitrogens with two attached hydrogens (primary N) is 1. The predicted molar refractivity (Wildman–Crippen MR) is 69.8 cm³/mol. The van der Waals surface area contributed by atoms with Crippen molar-refractivity contribution >= 4 is 15.9 Å². The van der Waals surface area contributed by atoms with E-state index in [1.807, 2.05) is 12.1 Å². The number of hydrogen-bond donors (Lipinski definition) is 1. The van der Waals surface area contributed by atoms with Crippen molar-refractivity contribution in [3.63, 3.8) is 0 Å². The van der Waals surface area contributed by atoms with Gasteiger partial charge in [-0.1, -0.05) is 12.1 Å². The number of aromatic nitrogens is 2. The van der Waals surface area contributed by atoms with Gasteiger partial charge in [0.25, 0.3) is 0 Å². The van der Waals surface area contributed by atoms with Gasteiger partial charge in [0, 0.05) is 24.5 Å². The minimum Gasteiger partial charge on any atom is -0.484 e. The van der Waals surface area contributed by atoms with Gasteiger partial charge in [-0.15, -0.1) is 0 Å². The van der Waals surface area contributed by atoms with Gasteiger partial charge in [0.2, 0.25) is 0 Å². The molecule has 2 N–H and O–H groups in total. The standard InChI is InChI=1S/C12H12BrF2N3O/c13-9-3-1-2-8(6-16)11(9)19-7-10-17-4-5-18(10)12(14)15/h1-5,12H,6-7,16H2. The first-order valence-corrected chi connectivity index (χ1v) is 6.33. The monoisotopic (exact) mass is 331 g/mol. The molecule has 0 amide bonds. The second kappa shape index (κ2) is 6.12. The molecule has 0 spiro atoms. The van der Waals surface area contributed by atoms with Crippen molar-refractivity contribution in [2.24, 2.45) is 5.73 Å². The van der Waals surface area contributed by atoms with Crippen LogP contribution >= 0.6 is 15.9 Å². The van der Waals surface area contributed by atoms with Crippen LogP contribution < -0.4 is 10.5 Å². The Balaban J connectivity index is 2.17. The molecule has 0 aliphatic carbocycles. The topological polar surface area (TPSA) is 53.1 Å². The third kappa shape index (κ3) is 3.10. The molecule has 0 unspecified atom stereocenters. The minimum absolute atomic E-state index is 0.0487. The minimum atomic E-state index is -2.63. The van der Waals surface area contributed by atoms with Crippen LogP contribution in [0.1, 0.15) is 17.9 Å². The molecule has 102 valence electrons. The van der Waals surface area contributed by atoms with Gasteiger partial charge in [-0.05, 0) is 22.0 Å². The smallest absolute Gasteiger partial charge is 0.320 e. The van der Waals surface area contributed by atoms with Gasteiger partial charge in [0.05, 0.1) is 4.47 Å². The van der Waals surface area contributed by atoms with E-state index in [2.05, 4.69) is 20.9 Å². The number of para-hydroxylation sites is 1. The van der Waals surface area contributed by atoms with E-state index in [-0.39, 0.29) is 12.4 Å². The number of alkyl halides is 2. The molecule has 0 saturated heterocycles. The third-order valence-electron chi connectivity index (χ3n) is 2.57. The van der Waals surface area contributed by atoms with Crippen LogP contribution in [0.25, 0.3) is 0 Å². The molecule has 2 rings (SSSR count). The Hall–Kier alpha value is -1.47. The molecule has 1 aromatic heterocycles. The van der Waals surface area contributed by atoms with Crippen LogP contribution in [0, 0.1) is 0 Å². The van der Waals surface area contributed by atoms with Gasteiger partial charge in [-0.2, -0.15) is 8.78 Å². The van der Waals surface area contributed by atoms with Crippen LogP contribution in [0.15, 0.2) is 35.1 Å². The highest BCUT2D eigenvalue weighted by molar-refractivity contribution is 9.10. The zero-order valence-electron chi connectivity index (χ0n) is 9.89. The van der Waals surface area contributed by atoms with Crippen LogP contribution in [0.5, 0.6) is 5.75 Å². The highest BCUT2D eigenvalue weighted by Crippen LogP contribution is 2.29. The number of ether oxygens (including phenoxy) is 1. The Kier molecular flexibility index (Phi) is 4.49. The van der Waals surface area contributed by atoms with E-state index in [1.165, 1.54) is 12.4 Å². The second-order valence-electron chi connectivity index (χ2n) is 3.75. The summed E-state index contributed by atoms with van der Waals surface area (Å²) >= 11 is 3.34. The summed E-state index contributed by atoms with van der Waals surface area (Å²) < 4.78 is 32.3. The Morgan fingerprint density at radius 1 is 1.42 bits per heavy atom. The van der Waals surface area contributed by atoms with Crippen molar-refractivity contribution in [3.05, 3.63) is 46.5 Å². The summed E-state index contributed by atoms with van der Waals surface area (Å²) in [5.74, 6) is 0.711. The Morgan fingerprint density at radius 3 is 2.89 bits per heavy atom. The zero-order chi connectivity index (χ0) is 13.8. The molecule has 19 heavy (non-hydrogen) atoms. The average Bonchev–Trinajstić information content (AvgIpc) is 2.85. The lowest BCUT2D eigenvalue weighted by Gasteiger charge is -2.13. The predicted octanol–water partition coefficient (Wildman–Crippen LogP) is 3.08. The average molecular weight is 332 g/mol. The van der Waals surface area contributed by atoms with Crippen molar-refractivity contribution < 1.29 is 13.5 Å². The molecule has 0 saturated carbocycles. The molecule has 7 heteroatoms. The molecule has 0 aliphatic rings. The van der Waals surface area contributed by atoms with E-state index in [0.29, 0.717) is 12.3 Å². The maximum absolute atomic E-state index is 12.6. The van der Waals surface area contributed by atoms with Crippen LogP contribution in [0.3, 0.4) is 0 Å². The lowest BCUT2D eigenvalue weighted by Crippen LogP contribution is -2.09. The summed E-state index contributed by atoms with van der Waals surface area (Å²) in [6.45, 7) is -2.38. The summed E-state index contributed by atoms with van der Waals surface area (Å²) in [6, 6.07) is 5.45. The molecular weight excluding hydrogens is 320 g/mol. The molecule has 1 aromatic carbocycles. The van der Waals surface area contributed by atoms with E-state index in [4.69, 9.17) is 10.5 Å². The van der Waals surface area contributed by atoms with Gasteiger partial charge in [0.1, 0.15) is 12.4 Å². The van der Waals surface area contributed by atoms with Gasteiger partial charge in [-0.3, -0.25) is 4.57 Å². The van der Waals surface area contributed by atoms with Gasteiger partial charge < -0.3 is 10.5 Å². The number of imidazole rings is 1. The Bertz CT molecular complexity index is 560.